The van der Waals surface area contributed by atoms with Crippen LogP contribution in [0.3, 0.4) is 0 Å². The highest BCUT2D eigenvalue weighted by Crippen LogP contribution is 2.33. The number of nitrogens with zero attached hydrogens (tertiary/aromatic N) is 1. The van der Waals surface area contributed by atoms with Gasteiger partial charge in [0.05, 0.1) is 6.26 Å². The van der Waals surface area contributed by atoms with Gasteiger partial charge in [-0.3, -0.25) is 4.79 Å². The third-order valence-corrected chi connectivity index (χ3v) is 3.87. The Kier molecular flexibility index (Phi) is 3.22. The zero-order chi connectivity index (χ0) is 14.1. The van der Waals surface area contributed by atoms with E-state index in [1.165, 1.54) is 11.3 Å². The van der Waals surface area contributed by atoms with E-state index in [1.807, 2.05) is 6.07 Å². The minimum absolute atomic E-state index is 0.176. The Hall–Kier alpha value is -2.23. The van der Waals surface area contributed by atoms with Gasteiger partial charge in [0, 0.05) is 30.9 Å². The molecule has 0 spiro atoms. The highest BCUT2D eigenvalue weighted by molar-refractivity contribution is 5.92. The van der Waals surface area contributed by atoms with E-state index in [0.717, 1.165) is 12.0 Å². The molecule has 0 saturated heterocycles. The normalized spacial score (nSPS) is 17.1. The van der Waals surface area contributed by atoms with Crippen LogP contribution in [0.5, 0.6) is 0 Å². The fourth-order valence-corrected chi connectivity index (χ4v) is 2.83. The molecule has 20 heavy (non-hydrogen) atoms. The largest absolute Gasteiger partial charge is 0.459 e. The van der Waals surface area contributed by atoms with E-state index in [-0.39, 0.29) is 5.91 Å². The average molecular weight is 270 g/mol. The summed E-state index contributed by atoms with van der Waals surface area (Å²) in [4.78, 5) is 14.1. The van der Waals surface area contributed by atoms with Crippen molar-refractivity contribution in [1.82, 2.24) is 5.32 Å². The number of hydrogen-bond acceptors (Lipinski definition) is 3. The molecule has 104 valence electrons. The summed E-state index contributed by atoms with van der Waals surface area (Å²) >= 11 is 0. The summed E-state index contributed by atoms with van der Waals surface area (Å²) in [5, 5.41) is 2.61. The number of hydrogen-bond donors (Lipinski definition) is 1. The number of carbonyl (C=O) groups excluding carboxylic acids is 1. The van der Waals surface area contributed by atoms with Crippen LogP contribution in [0.1, 0.15) is 28.6 Å². The van der Waals surface area contributed by atoms with E-state index in [2.05, 4.69) is 41.4 Å². The van der Waals surface area contributed by atoms with Crippen molar-refractivity contribution < 1.29 is 9.21 Å². The Bertz CT molecular complexity index is 633. The molecule has 2 heterocycles. The summed E-state index contributed by atoms with van der Waals surface area (Å²) in [6.45, 7) is 2.90. The van der Waals surface area contributed by atoms with Gasteiger partial charge in [0.2, 0.25) is 0 Å². The van der Waals surface area contributed by atoms with Gasteiger partial charge in [-0.2, -0.15) is 0 Å². The molecule has 0 unspecified atom stereocenters. The topological polar surface area (TPSA) is 45.5 Å². The van der Waals surface area contributed by atoms with Crippen LogP contribution < -0.4 is 10.2 Å². The maximum Gasteiger partial charge on any atom is 0.287 e. The van der Waals surface area contributed by atoms with Gasteiger partial charge in [-0.15, -0.1) is 0 Å². The minimum atomic E-state index is -0.176. The number of furan rings is 1. The molecule has 0 bridgehead atoms. The van der Waals surface area contributed by atoms with Gasteiger partial charge in [-0.05, 0) is 31.0 Å². The molecular weight excluding hydrogens is 252 g/mol. The fourth-order valence-electron chi connectivity index (χ4n) is 2.83. The van der Waals surface area contributed by atoms with Gasteiger partial charge in [0.15, 0.2) is 5.76 Å². The van der Waals surface area contributed by atoms with Crippen molar-refractivity contribution in [3.8, 4) is 0 Å². The maximum absolute atomic E-state index is 11.8. The van der Waals surface area contributed by atoms with Gasteiger partial charge >= 0.3 is 0 Å². The predicted octanol–water partition coefficient (Wildman–Crippen LogP) is 2.59. The zero-order valence-corrected chi connectivity index (χ0v) is 11.7. The molecule has 0 saturated carbocycles. The first-order valence-electron chi connectivity index (χ1n) is 6.83. The Morgan fingerprint density at radius 2 is 2.20 bits per heavy atom. The standard InChI is InChI=1S/C16H18N2O2/c1-11-9-12-5-3-4-6-14(12)18(11)10-13-7-8-20-15(13)16(19)17-2/h3-8,11H,9-10H2,1-2H3,(H,17,19)/t11-/m0/s1. The molecule has 1 atom stereocenters. The van der Waals surface area contributed by atoms with Crippen LogP contribution in [0.15, 0.2) is 41.0 Å². The molecular formula is C16H18N2O2. The molecule has 1 aliphatic rings. The number of benzene rings is 1. The van der Waals surface area contributed by atoms with E-state index >= 15 is 0 Å². The van der Waals surface area contributed by atoms with E-state index in [1.54, 1.807) is 13.3 Å². The molecule has 0 aliphatic carbocycles. The van der Waals surface area contributed by atoms with Gasteiger partial charge in [0.1, 0.15) is 0 Å². The Labute approximate surface area is 118 Å². The Morgan fingerprint density at radius 1 is 1.40 bits per heavy atom. The number of rotatable bonds is 3. The molecule has 1 amide bonds. The van der Waals surface area contributed by atoms with Gasteiger partial charge in [-0.1, -0.05) is 18.2 Å². The lowest BCUT2D eigenvalue weighted by Crippen LogP contribution is -2.29. The third-order valence-electron chi connectivity index (χ3n) is 3.87. The number of para-hydroxylation sites is 1. The van der Waals surface area contributed by atoms with Gasteiger partial charge < -0.3 is 14.6 Å². The lowest BCUT2D eigenvalue weighted by molar-refractivity contribution is 0.0934. The zero-order valence-electron chi connectivity index (χ0n) is 11.7. The van der Waals surface area contributed by atoms with Crippen LogP contribution in [0.4, 0.5) is 5.69 Å². The third kappa shape index (κ3) is 2.07. The number of carbonyl (C=O) groups is 1. The summed E-state index contributed by atoms with van der Waals surface area (Å²) in [6, 6.07) is 10.7. The van der Waals surface area contributed by atoms with Crippen LogP contribution in [0, 0.1) is 0 Å². The first-order chi connectivity index (χ1) is 9.70. The number of nitrogens with one attached hydrogen (secondary N) is 1. The highest BCUT2D eigenvalue weighted by atomic mass is 16.3. The van der Waals surface area contributed by atoms with Crippen LogP contribution >= 0.6 is 0 Å². The summed E-state index contributed by atoms with van der Waals surface area (Å²) in [7, 11) is 1.61. The van der Waals surface area contributed by atoms with E-state index in [0.29, 0.717) is 18.3 Å². The second-order valence-corrected chi connectivity index (χ2v) is 5.16. The lowest BCUT2D eigenvalue weighted by Gasteiger charge is -2.24. The van der Waals surface area contributed by atoms with Crippen LogP contribution in [-0.4, -0.2) is 19.0 Å². The molecule has 4 heteroatoms. The summed E-state index contributed by atoms with van der Waals surface area (Å²) in [5.41, 5.74) is 3.54. The van der Waals surface area contributed by atoms with E-state index in [9.17, 15) is 4.79 Å². The molecule has 4 nitrogen and oxygen atoms in total. The second kappa shape index (κ2) is 5.04. The molecule has 1 N–H and O–H groups in total. The molecule has 1 aromatic carbocycles. The molecule has 2 aromatic rings. The SMILES string of the molecule is CNC(=O)c1occc1CN1c2ccccc2C[C@@H]1C. The van der Waals surface area contributed by atoms with Crippen LogP contribution in [0.25, 0.3) is 0 Å². The molecule has 1 aliphatic heterocycles. The van der Waals surface area contributed by atoms with E-state index in [4.69, 9.17) is 4.42 Å². The summed E-state index contributed by atoms with van der Waals surface area (Å²) in [5.74, 6) is 0.231. The smallest absolute Gasteiger partial charge is 0.287 e. The van der Waals surface area contributed by atoms with Crippen molar-refractivity contribution in [1.29, 1.82) is 0 Å². The molecule has 0 radical (unpaired) electrons. The quantitative estimate of drug-likeness (QED) is 0.932. The fraction of sp³-hybridized carbons (Fsp3) is 0.312. The molecule has 1 aromatic heterocycles. The highest BCUT2D eigenvalue weighted by Gasteiger charge is 2.27. The first-order valence-corrected chi connectivity index (χ1v) is 6.83. The molecule has 3 rings (SSSR count). The Balaban J connectivity index is 1.89. The van der Waals surface area contributed by atoms with E-state index < -0.39 is 0 Å². The summed E-state index contributed by atoms with van der Waals surface area (Å²) in [6.07, 6.45) is 2.62. The predicted molar refractivity (Wildman–Crippen MR) is 77.9 cm³/mol. The maximum atomic E-state index is 11.8. The average Bonchev–Trinajstić information content (AvgIpc) is 3.04. The number of anilines is 1. The molecule has 0 fully saturated rings. The van der Waals surface area contributed by atoms with Crippen molar-refractivity contribution >= 4 is 11.6 Å². The summed E-state index contributed by atoms with van der Waals surface area (Å²) < 4.78 is 5.31. The van der Waals surface area contributed by atoms with Crippen molar-refractivity contribution in [2.45, 2.75) is 25.9 Å². The van der Waals surface area contributed by atoms with Crippen molar-refractivity contribution in [3.05, 3.63) is 53.5 Å². The second-order valence-electron chi connectivity index (χ2n) is 5.16. The Morgan fingerprint density at radius 3 is 3.00 bits per heavy atom. The van der Waals surface area contributed by atoms with Gasteiger partial charge in [-0.25, -0.2) is 0 Å². The van der Waals surface area contributed by atoms with Crippen molar-refractivity contribution in [2.75, 3.05) is 11.9 Å². The lowest BCUT2D eigenvalue weighted by atomic mass is 10.1. The van der Waals surface area contributed by atoms with Crippen molar-refractivity contribution in [3.63, 3.8) is 0 Å². The van der Waals surface area contributed by atoms with Crippen LogP contribution in [-0.2, 0) is 13.0 Å². The monoisotopic (exact) mass is 270 g/mol. The minimum Gasteiger partial charge on any atom is -0.459 e. The van der Waals surface area contributed by atoms with Crippen molar-refractivity contribution in [2.24, 2.45) is 0 Å². The van der Waals surface area contributed by atoms with Gasteiger partial charge in [0.25, 0.3) is 5.91 Å². The number of amides is 1. The first kappa shape index (κ1) is 12.8. The van der Waals surface area contributed by atoms with Crippen LogP contribution in [0.2, 0.25) is 0 Å². The number of fused-ring (bicyclic) bond motifs is 1.